The molecule has 0 aliphatic carbocycles. The molecule has 9 heteroatoms. The molecule has 0 radical (unpaired) electrons. The van der Waals surface area contributed by atoms with E-state index in [0.29, 0.717) is 24.9 Å². The van der Waals surface area contributed by atoms with Crippen molar-refractivity contribution in [3.05, 3.63) is 47.1 Å². The third-order valence-corrected chi connectivity index (χ3v) is 8.43. The Morgan fingerprint density at radius 1 is 1.09 bits per heavy atom. The number of aryl methyl sites for hydroxylation is 1. The van der Waals surface area contributed by atoms with E-state index in [4.69, 9.17) is 4.52 Å². The number of rotatable bonds is 5. The fourth-order valence-electron chi connectivity index (χ4n) is 4.62. The second kappa shape index (κ2) is 10.2. The Balaban J connectivity index is 1.55. The number of carbonyl (C=O) groups excluding carboxylic acids is 1. The van der Waals surface area contributed by atoms with E-state index in [0.717, 1.165) is 38.8 Å². The lowest BCUT2D eigenvalue weighted by Crippen LogP contribution is -2.47. The molecule has 0 bridgehead atoms. The fraction of sp³-hybridized carbons (Fsp3) is 0.500. The third kappa shape index (κ3) is 5.19. The number of carbonyl (C=O) groups is 1. The minimum Gasteiger partial charge on any atom is -0.355 e. The first-order valence-corrected chi connectivity index (χ1v) is 13.0. The molecule has 1 amide bonds. The molecule has 2 aliphatic heterocycles. The molecule has 1 aromatic heterocycles. The largest absolute Gasteiger partial charge is 0.355 e. The SMILES string of the molecule is Cc1noc(/C=C/c2ccccc2F)c1S(=O)(=O)N1CCC[C@@H](C(=O)N2CCCCCC2)C1. The van der Waals surface area contributed by atoms with Crippen LogP contribution < -0.4 is 0 Å². The Morgan fingerprint density at radius 2 is 1.82 bits per heavy atom. The number of benzene rings is 1. The van der Waals surface area contributed by atoms with Crippen molar-refractivity contribution in [2.75, 3.05) is 26.2 Å². The van der Waals surface area contributed by atoms with Gasteiger partial charge < -0.3 is 9.42 Å². The quantitative estimate of drug-likeness (QED) is 0.650. The summed E-state index contributed by atoms with van der Waals surface area (Å²) in [5.41, 5.74) is 0.556. The molecule has 0 unspecified atom stereocenters. The first-order chi connectivity index (χ1) is 15.9. The molecular formula is C24H30FN3O4S. The van der Waals surface area contributed by atoms with Crippen molar-refractivity contribution in [3.8, 4) is 0 Å². The Labute approximate surface area is 194 Å². The predicted molar refractivity (Wildman–Crippen MR) is 123 cm³/mol. The molecule has 2 fully saturated rings. The van der Waals surface area contributed by atoms with Crippen molar-refractivity contribution in [1.82, 2.24) is 14.4 Å². The monoisotopic (exact) mass is 475 g/mol. The normalized spacial score (nSPS) is 20.8. The molecular weight excluding hydrogens is 445 g/mol. The van der Waals surface area contributed by atoms with Crippen molar-refractivity contribution in [2.24, 2.45) is 5.92 Å². The molecule has 2 aromatic rings. The van der Waals surface area contributed by atoms with Crippen LogP contribution in [0.25, 0.3) is 12.2 Å². The van der Waals surface area contributed by atoms with E-state index in [9.17, 15) is 17.6 Å². The Morgan fingerprint density at radius 3 is 2.55 bits per heavy atom. The molecule has 4 rings (SSSR count). The molecule has 1 atom stereocenters. The summed E-state index contributed by atoms with van der Waals surface area (Å²) in [7, 11) is -3.94. The summed E-state index contributed by atoms with van der Waals surface area (Å²) in [6.45, 7) is 3.56. The van der Waals surface area contributed by atoms with Gasteiger partial charge in [-0.05, 0) is 50.8 Å². The van der Waals surface area contributed by atoms with Gasteiger partial charge in [0, 0.05) is 31.7 Å². The lowest BCUT2D eigenvalue weighted by atomic mass is 9.98. The van der Waals surface area contributed by atoms with Crippen LogP contribution in [0.1, 0.15) is 55.5 Å². The van der Waals surface area contributed by atoms with E-state index in [2.05, 4.69) is 5.16 Å². The molecule has 0 saturated carbocycles. The fourth-order valence-corrected chi connectivity index (χ4v) is 6.39. The molecule has 3 heterocycles. The molecule has 0 N–H and O–H groups in total. The highest BCUT2D eigenvalue weighted by Crippen LogP contribution is 2.30. The maximum atomic E-state index is 14.0. The number of halogens is 1. The number of piperidine rings is 1. The Bertz CT molecular complexity index is 1120. The summed E-state index contributed by atoms with van der Waals surface area (Å²) in [5, 5.41) is 3.85. The summed E-state index contributed by atoms with van der Waals surface area (Å²) in [5.74, 6) is -0.653. The average Bonchev–Trinajstić information content (AvgIpc) is 3.00. The summed E-state index contributed by atoms with van der Waals surface area (Å²) in [6.07, 6.45) is 8.45. The molecule has 0 spiro atoms. The topological polar surface area (TPSA) is 83.7 Å². The van der Waals surface area contributed by atoms with Crippen LogP contribution in [-0.2, 0) is 14.8 Å². The summed E-state index contributed by atoms with van der Waals surface area (Å²) in [6, 6.07) is 6.20. The summed E-state index contributed by atoms with van der Waals surface area (Å²) >= 11 is 0. The average molecular weight is 476 g/mol. The van der Waals surface area contributed by atoms with Crippen molar-refractivity contribution in [2.45, 2.75) is 50.3 Å². The molecule has 2 saturated heterocycles. The van der Waals surface area contributed by atoms with Gasteiger partial charge in [0.1, 0.15) is 11.5 Å². The van der Waals surface area contributed by atoms with Crippen molar-refractivity contribution < 1.29 is 22.1 Å². The van der Waals surface area contributed by atoms with Crippen LogP contribution in [0.3, 0.4) is 0 Å². The Hall–Kier alpha value is -2.52. The maximum absolute atomic E-state index is 14.0. The highest BCUT2D eigenvalue weighted by Gasteiger charge is 2.38. The van der Waals surface area contributed by atoms with Gasteiger partial charge >= 0.3 is 0 Å². The summed E-state index contributed by atoms with van der Waals surface area (Å²) < 4.78 is 47.7. The van der Waals surface area contributed by atoms with E-state index in [1.807, 2.05) is 4.90 Å². The first kappa shape index (κ1) is 23.6. The molecule has 178 valence electrons. The Kier molecular flexibility index (Phi) is 7.29. The van der Waals surface area contributed by atoms with Gasteiger partial charge in [0.2, 0.25) is 15.9 Å². The zero-order valence-corrected chi connectivity index (χ0v) is 19.7. The van der Waals surface area contributed by atoms with E-state index >= 15 is 0 Å². The van der Waals surface area contributed by atoms with Crippen molar-refractivity contribution in [3.63, 3.8) is 0 Å². The van der Waals surface area contributed by atoms with Gasteiger partial charge in [-0.3, -0.25) is 4.79 Å². The third-order valence-electron chi connectivity index (χ3n) is 6.40. The standard InChI is InChI=1S/C24H30FN3O4S/c1-18-23(22(32-26-18)13-12-19-9-4-5-11-21(19)25)33(30,31)28-16-8-10-20(17-28)24(29)27-14-6-2-3-7-15-27/h4-5,9,11-13,20H,2-3,6-8,10,14-17H2,1H3/b13-12+/t20-/m1/s1. The van der Waals surface area contributed by atoms with E-state index < -0.39 is 15.8 Å². The van der Waals surface area contributed by atoms with Gasteiger partial charge in [0.05, 0.1) is 5.92 Å². The predicted octanol–water partition coefficient (Wildman–Crippen LogP) is 4.10. The van der Waals surface area contributed by atoms with E-state index in [-0.39, 0.29) is 34.7 Å². The highest BCUT2D eigenvalue weighted by molar-refractivity contribution is 7.89. The van der Waals surface area contributed by atoms with Crippen molar-refractivity contribution >= 4 is 28.1 Å². The lowest BCUT2D eigenvalue weighted by Gasteiger charge is -2.34. The first-order valence-electron chi connectivity index (χ1n) is 11.6. The number of likely N-dealkylation sites (tertiary alicyclic amines) is 1. The number of amides is 1. The number of hydrogen-bond acceptors (Lipinski definition) is 5. The maximum Gasteiger partial charge on any atom is 0.248 e. The molecule has 2 aliphatic rings. The molecule has 1 aromatic carbocycles. The van der Waals surface area contributed by atoms with Crippen LogP contribution in [0.15, 0.2) is 33.7 Å². The van der Waals surface area contributed by atoms with Crippen LogP contribution >= 0.6 is 0 Å². The summed E-state index contributed by atoms with van der Waals surface area (Å²) in [4.78, 5) is 15.0. The zero-order chi connectivity index (χ0) is 23.4. The van der Waals surface area contributed by atoms with E-state index in [1.54, 1.807) is 25.1 Å². The molecule has 33 heavy (non-hydrogen) atoms. The van der Waals surface area contributed by atoms with Crippen LogP contribution in [0.5, 0.6) is 0 Å². The van der Waals surface area contributed by atoms with E-state index in [1.165, 1.54) is 22.5 Å². The lowest BCUT2D eigenvalue weighted by molar-refractivity contribution is -0.136. The van der Waals surface area contributed by atoms with Crippen molar-refractivity contribution in [1.29, 1.82) is 0 Å². The van der Waals surface area contributed by atoms with Gasteiger partial charge in [-0.2, -0.15) is 4.31 Å². The van der Waals surface area contributed by atoms with Gasteiger partial charge in [-0.15, -0.1) is 0 Å². The van der Waals surface area contributed by atoms with Gasteiger partial charge in [-0.25, -0.2) is 12.8 Å². The van der Waals surface area contributed by atoms with Gasteiger partial charge in [-0.1, -0.05) is 36.2 Å². The van der Waals surface area contributed by atoms with Crippen LogP contribution in [0.4, 0.5) is 4.39 Å². The zero-order valence-electron chi connectivity index (χ0n) is 18.9. The molecule has 7 nitrogen and oxygen atoms in total. The second-order valence-electron chi connectivity index (χ2n) is 8.76. The minimum absolute atomic E-state index is 0.0297. The second-order valence-corrected chi connectivity index (χ2v) is 10.6. The number of sulfonamides is 1. The smallest absolute Gasteiger partial charge is 0.248 e. The highest BCUT2D eigenvalue weighted by atomic mass is 32.2. The number of hydrogen-bond donors (Lipinski definition) is 0. The number of nitrogens with zero attached hydrogens (tertiary/aromatic N) is 3. The van der Waals surface area contributed by atoms with Crippen LogP contribution in [0.2, 0.25) is 0 Å². The van der Waals surface area contributed by atoms with Gasteiger partial charge in [0.25, 0.3) is 0 Å². The van der Waals surface area contributed by atoms with Crippen LogP contribution in [-0.4, -0.2) is 54.9 Å². The van der Waals surface area contributed by atoms with Crippen LogP contribution in [0, 0.1) is 18.7 Å². The van der Waals surface area contributed by atoms with Gasteiger partial charge in [0.15, 0.2) is 10.7 Å². The minimum atomic E-state index is -3.94. The number of aromatic nitrogens is 1.